The molecular formula is C17H14N2O2S. The van der Waals surface area contributed by atoms with Crippen LogP contribution in [-0.2, 0) is 0 Å². The van der Waals surface area contributed by atoms with Gasteiger partial charge in [-0.1, -0.05) is 77.1 Å². The summed E-state index contributed by atoms with van der Waals surface area (Å²) in [5, 5.41) is 4.35. The number of rotatable bonds is 5. The molecule has 0 aliphatic carbocycles. The Morgan fingerprint density at radius 2 is 1.82 bits per heavy atom. The third kappa shape index (κ3) is 3.43. The molecule has 4 nitrogen and oxygen atoms in total. The van der Waals surface area contributed by atoms with Gasteiger partial charge in [-0.05, 0) is 6.92 Å². The van der Waals surface area contributed by atoms with Crippen molar-refractivity contribution in [3.05, 3.63) is 65.7 Å². The summed E-state index contributed by atoms with van der Waals surface area (Å²) in [6.45, 7) is 2.02. The maximum atomic E-state index is 12.0. The van der Waals surface area contributed by atoms with Gasteiger partial charge in [-0.2, -0.15) is 4.98 Å². The molecule has 0 fully saturated rings. The van der Waals surface area contributed by atoms with Crippen molar-refractivity contribution in [2.45, 2.75) is 12.1 Å². The van der Waals surface area contributed by atoms with Crippen molar-refractivity contribution in [3.8, 4) is 11.4 Å². The highest BCUT2D eigenvalue weighted by molar-refractivity contribution is 7.99. The first-order valence-electron chi connectivity index (χ1n) is 6.84. The van der Waals surface area contributed by atoms with E-state index in [2.05, 4.69) is 10.1 Å². The summed E-state index contributed by atoms with van der Waals surface area (Å²) in [7, 11) is 0. The van der Waals surface area contributed by atoms with Gasteiger partial charge in [-0.25, -0.2) is 0 Å². The number of Topliss-reactive ketones (excluding diaryl/α,β-unsaturated/α-hetero) is 1. The topological polar surface area (TPSA) is 56.0 Å². The smallest absolute Gasteiger partial charge is 0.286 e. The zero-order chi connectivity index (χ0) is 15.4. The van der Waals surface area contributed by atoms with Crippen LogP contribution in [0.25, 0.3) is 11.4 Å². The molecule has 3 rings (SSSR count). The molecule has 1 aromatic heterocycles. The molecule has 1 heterocycles. The number of aromatic nitrogens is 2. The number of benzene rings is 2. The Kier molecular flexibility index (Phi) is 4.34. The first-order chi connectivity index (χ1) is 10.7. The summed E-state index contributed by atoms with van der Waals surface area (Å²) in [5.41, 5.74) is 2.76. The predicted octanol–water partition coefficient (Wildman–Crippen LogP) is 4.02. The second-order valence-electron chi connectivity index (χ2n) is 4.83. The number of aryl methyl sites for hydroxylation is 1. The van der Waals surface area contributed by atoms with Gasteiger partial charge in [0.15, 0.2) is 5.78 Å². The molecule has 0 N–H and O–H groups in total. The lowest BCUT2D eigenvalue weighted by Crippen LogP contribution is -2.01. The monoisotopic (exact) mass is 310 g/mol. The van der Waals surface area contributed by atoms with Crippen LogP contribution in [0.15, 0.2) is 64.3 Å². The van der Waals surface area contributed by atoms with E-state index in [1.54, 1.807) is 12.1 Å². The van der Waals surface area contributed by atoms with E-state index < -0.39 is 0 Å². The molecule has 0 amide bonds. The molecule has 0 spiro atoms. The van der Waals surface area contributed by atoms with Crippen LogP contribution in [0.4, 0.5) is 0 Å². The fourth-order valence-electron chi connectivity index (χ4n) is 1.92. The minimum Gasteiger partial charge on any atom is -0.327 e. The Morgan fingerprint density at radius 1 is 1.09 bits per heavy atom. The molecule has 0 unspecified atom stereocenters. The number of ketones is 1. The van der Waals surface area contributed by atoms with Crippen molar-refractivity contribution in [1.82, 2.24) is 10.1 Å². The van der Waals surface area contributed by atoms with Crippen LogP contribution in [-0.4, -0.2) is 21.7 Å². The average Bonchev–Trinajstić information content (AvgIpc) is 3.03. The van der Waals surface area contributed by atoms with E-state index in [1.807, 2.05) is 49.4 Å². The minimum atomic E-state index is 0.0423. The first kappa shape index (κ1) is 14.5. The number of hydrogen-bond donors (Lipinski definition) is 0. The molecule has 0 bridgehead atoms. The molecule has 0 atom stereocenters. The van der Waals surface area contributed by atoms with Gasteiger partial charge < -0.3 is 4.52 Å². The van der Waals surface area contributed by atoms with Crippen LogP contribution < -0.4 is 0 Å². The molecule has 0 aliphatic heterocycles. The molecule has 0 saturated carbocycles. The molecule has 5 heteroatoms. The van der Waals surface area contributed by atoms with E-state index in [-0.39, 0.29) is 11.5 Å². The second-order valence-corrected chi connectivity index (χ2v) is 5.75. The highest BCUT2D eigenvalue weighted by Gasteiger charge is 2.12. The Labute approximate surface area is 132 Å². The van der Waals surface area contributed by atoms with Gasteiger partial charge in [0.25, 0.3) is 5.22 Å². The van der Waals surface area contributed by atoms with Crippen molar-refractivity contribution in [2.75, 3.05) is 5.75 Å². The van der Waals surface area contributed by atoms with E-state index in [1.165, 1.54) is 17.3 Å². The van der Waals surface area contributed by atoms with Crippen LogP contribution in [0.5, 0.6) is 0 Å². The predicted molar refractivity (Wildman–Crippen MR) is 86.0 cm³/mol. The van der Waals surface area contributed by atoms with E-state index >= 15 is 0 Å². The lowest BCUT2D eigenvalue weighted by atomic mass is 10.1. The number of carbonyl (C=O) groups is 1. The molecule has 22 heavy (non-hydrogen) atoms. The fraction of sp³-hybridized carbons (Fsp3) is 0.118. The molecule has 3 aromatic rings. The van der Waals surface area contributed by atoms with Crippen LogP contribution in [0.1, 0.15) is 15.9 Å². The van der Waals surface area contributed by atoms with Gasteiger partial charge in [-0.3, -0.25) is 4.79 Å². The Morgan fingerprint density at radius 3 is 2.55 bits per heavy atom. The summed E-state index contributed by atoms with van der Waals surface area (Å²) in [6.07, 6.45) is 0. The maximum absolute atomic E-state index is 12.0. The van der Waals surface area contributed by atoms with Crippen LogP contribution in [0, 0.1) is 6.92 Å². The minimum absolute atomic E-state index is 0.0423. The summed E-state index contributed by atoms with van der Waals surface area (Å²) >= 11 is 1.25. The number of nitrogens with zero attached hydrogens (tertiary/aromatic N) is 2. The average molecular weight is 310 g/mol. The van der Waals surface area contributed by atoms with Crippen molar-refractivity contribution in [3.63, 3.8) is 0 Å². The van der Waals surface area contributed by atoms with Crippen molar-refractivity contribution < 1.29 is 9.32 Å². The zero-order valence-electron chi connectivity index (χ0n) is 12.0. The lowest BCUT2D eigenvalue weighted by Gasteiger charge is -1.97. The molecule has 0 saturated heterocycles. The maximum Gasteiger partial charge on any atom is 0.286 e. The second kappa shape index (κ2) is 6.58. The van der Waals surface area contributed by atoms with Gasteiger partial charge in [0.1, 0.15) is 0 Å². The zero-order valence-corrected chi connectivity index (χ0v) is 12.8. The summed E-state index contributed by atoms with van der Waals surface area (Å²) < 4.78 is 5.19. The van der Waals surface area contributed by atoms with Gasteiger partial charge >= 0.3 is 0 Å². The van der Waals surface area contributed by atoms with Crippen LogP contribution in [0.3, 0.4) is 0 Å². The number of hydrogen-bond acceptors (Lipinski definition) is 5. The van der Waals surface area contributed by atoms with Crippen molar-refractivity contribution >= 4 is 17.5 Å². The summed E-state index contributed by atoms with van der Waals surface area (Å²) in [5.74, 6) is 0.856. The Balaban J connectivity index is 1.65. The van der Waals surface area contributed by atoms with Crippen molar-refractivity contribution in [1.29, 1.82) is 0 Å². The van der Waals surface area contributed by atoms with Gasteiger partial charge in [0.05, 0.1) is 5.75 Å². The summed E-state index contributed by atoms with van der Waals surface area (Å²) in [6, 6.07) is 17.1. The highest BCUT2D eigenvalue weighted by atomic mass is 32.2. The van der Waals surface area contributed by atoms with Crippen molar-refractivity contribution in [2.24, 2.45) is 0 Å². The molecule has 0 radical (unpaired) electrons. The van der Waals surface area contributed by atoms with E-state index in [0.717, 1.165) is 5.56 Å². The fourth-order valence-corrected chi connectivity index (χ4v) is 2.58. The first-order valence-corrected chi connectivity index (χ1v) is 7.83. The van der Waals surface area contributed by atoms with Crippen LogP contribution >= 0.6 is 11.8 Å². The number of carbonyl (C=O) groups excluding carboxylic acids is 1. The van der Waals surface area contributed by atoms with Gasteiger partial charge in [0, 0.05) is 11.1 Å². The lowest BCUT2D eigenvalue weighted by molar-refractivity contribution is 0.102. The Bertz CT molecular complexity index is 767. The number of thioether (sulfide) groups is 1. The SMILES string of the molecule is Cc1ccc(-c2noc(SCC(=O)c3ccccc3)n2)cc1. The molecule has 2 aromatic carbocycles. The third-order valence-corrected chi connectivity index (χ3v) is 3.96. The van der Waals surface area contributed by atoms with Crippen LogP contribution in [0.2, 0.25) is 0 Å². The van der Waals surface area contributed by atoms with Gasteiger partial charge in [-0.15, -0.1) is 0 Å². The van der Waals surface area contributed by atoms with E-state index in [9.17, 15) is 4.79 Å². The van der Waals surface area contributed by atoms with Gasteiger partial charge in [0.2, 0.25) is 5.82 Å². The highest BCUT2D eigenvalue weighted by Crippen LogP contribution is 2.22. The quantitative estimate of drug-likeness (QED) is 0.526. The molecule has 110 valence electrons. The normalized spacial score (nSPS) is 10.6. The molecular weight excluding hydrogens is 296 g/mol. The Hall–Kier alpha value is -2.40. The molecule has 0 aliphatic rings. The summed E-state index contributed by atoms with van der Waals surface area (Å²) in [4.78, 5) is 16.3. The standard InChI is InChI=1S/C17H14N2O2S/c1-12-7-9-14(10-8-12)16-18-17(21-19-16)22-11-15(20)13-5-3-2-4-6-13/h2-10H,11H2,1H3. The largest absolute Gasteiger partial charge is 0.327 e. The van der Waals surface area contributed by atoms with E-state index in [0.29, 0.717) is 16.6 Å². The third-order valence-electron chi connectivity index (χ3n) is 3.14. The van der Waals surface area contributed by atoms with E-state index in [4.69, 9.17) is 4.52 Å².